The Morgan fingerprint density at radius 2 is 1.96 bits per heavy atom. The van der Waals surface area contributed by atoms with Crippen molar-refractivity contribution in [2.45, 2.75) is 52.2 Å². The van der Waals surface area contributed by atoms with Crippen molar-refractivity contribution in [1.82, 2.24) is 9.88 Å². The molecule has 1 saturated carbocycles. The molecule has 1 saturated heterocycles. The Morgan fingerprint density at radius 1 is 1.19 bits per heavy atom. The van der Waals surface area contributed by atoms with Crippen molar-refractivity contribution < 1.29 is 9.84 Å². The number of aliphatic hydroxyl groups is 1. The summed E-state index contributed by atoms with van der Waals surface area (Å²) in [4.78, 5) is 9.09. The smallest absolute Gasteiger partial charge is 0.128 e. The third kappa shape index (κ3) is 5.90. The van der Waals surface area contributed by atoms with Crippen molar-refractivity contribution in [3.05, 3.63) is 24.4 Å². The molecule has 0 spiro atoms. The van der Waals surface area contributed by atoms with E-state index in [1.165, 1.54) is 12.8 Å². The summed E-state index contributed by atoms with van der Waals surface area (Å²) in [5, 5.41) is 10.5. The summed E-state index contributed by atoms with van der Waals surface area (Å²) >= 11 is 0. The third-order valence-electron chi connectivity index (χ3n) is 6.28. The largest absolute Gasteiger partial charge is 0.389 e. The van der Waals surface area contributed by atoms with Gasteiger partial charge in [0.05, 0.1) is 18.8 Å². The van der Waals surface area contributed by atoms with Gasteiger partial charge in [-0.15, -0.1) is 0 Å². The lowest BCUT2D eigenvalue weighted by atomic mass is 9.75. The van der Waals surface area contributed by atoms with Gasteiger partial charge >= 0.3 is 0 Å². The number of ether oxygens (including phenoxy) is 1. The number of pyridine rings is 1. The van der Waals surface area contributed by atoms with E-state index in [-0.39, 0.29) is 0 Å². The molecule has 1 N–H and O–H groups in total. The van der Waals surface area contributed by atoms with Gasteiger partial charge in [-0.3, -0.25) is 4.90 Å². The van der Waals surface area contributed by atoms with Crippen molar-refractivity contribution in [3.8, 4) is 0 Å². The van der Waals surface area contributed by atoms with Crippen LogP contribution in [0.3, 0.4) is 0 Å². The Morgan fingerprint density at radius 3 is 2.63 bits per heavy atom. The van der Waals surface area contributed by atoms with Crippen LogP contribution in [0.5, 0.6) is 0 Å². The average molecular weight is 376 g/mol. The Labute approximate surface area is 164 Å². The monoisotopic (exact) mass is 375 g/mol. The molecule has 2 heterocycles. The Kier molecular flexibility index (Phi) is 7.50. The van der Waals surface area contributed by atoms with Crippen molar-refractivity contribution >= 4 is 5.82 Å². The van der Waals surface area contributed by atoms with E-state index in [4.69, 9.17) is 4.74 Å². The quantitative estimate of drug-likeness (QED) is 0.794. The molecule has 1 aromatic rings. The Hall–Kier alpha value is -1.17. The van der Waals surface area contributed by atoms with Crippen LogP contribution in [0.25, 0.3) is 0 Å². The maximum atomic E-state index is 10.5. The number of aliphatic hydroxyl groups excluding tert-OH is 1. The molecule has 2 aliphatic rings. The van der Waals surface area contributed by atoms with Gasteiger partial charge in [-0.1, -0.05) is 33.3 Å². The highest BCUT2D eigenvalue weighted by Crippen LogP contribution is 2.35. The van der Waals surface area contributed by atoms with Gasteiger partial charge in [0.15, 0.2) is 0 Å². The summed E-state index contributed by atoms with van der Waals surface area (Å²) in [5.74, 6) is 3.07. The molecule has 2 fully saturated rings. The van der Waals surface area contributed by atoms with E-state index in [0.717, 1.165) is 44.3 Å². The van der Waals surface area contributed by atoms with Crippen LogP contribution in [0.2, 0.25) is 0 Å². The first-order valence-electron chi connectivity index (χ1n) is 10.7. The number of hydrogen-bond acceptors (Lipinski definition) is 5. The van der Waals surface area contributed by atoms with Crippen LogP contribution in [0.4, 0.5) is 5.82 Å². The fraction of sp³-hybridized carbons (Fsp3) is 0.773. The minimum atomic E-state index is -0.406. The van der Waals surface area contributed by atoms with E-state index in [1.807, 2.05) is 18.3 Å². The summed E-state index contributed by atoms with van der Waals surface area (Å²) in [6.07, 6.45) is 5.46. The lowest BCUT2D eigenvalue weighted by Crippen LogP contribution is -2.49. The lowest BCUT2D eigenvalue weighted by Gasteiger charge is -2.38. The topological polar surface area (TPSA) is 48.8 Å². The number of anilines is 1. The number of rotatable bonds is 7. The first kappa shape index (κ1) is 20.6. The van der Waals surface area contributed by atoms with Gasteiger partial charge in [0.1, 0.15) is 5.82 Å². The van der Waals surface area contributed by atoms with Gasteiger partial charge in [0.25, 0.3) is 0 Å². The Bertz CT molecular complexity index is 546. The maximum Gasteiger partial charge on any atom is 0.128 e. The van der Waals surface area contributed by atoms with Crippen molar-refractivity contribution in [2.75, 3.05) is 44.2 Å². The van der Waals surface area contributed by atoms with Crippen LogP contribution < -0.4 is 4.90 Å². The molecule has 5 nitrogen and oxygen atoms in total. The van der Waals surface area contributed by atoms with Crippen LogP contribution in [0.1, 0.15) is 40.0 Å². The third-order valence-corrected chi connectivity index (χ3v) is 6.28. The number of nitrogens with zero attached hydrogens (tertiary/aromatic N) is 3. The minimum Gasteiger partial charge on any atom is -0.389 e. The number of piperazine rings is 1. The highest BCUT2D eigenvalue weighted by atomic mass is 16.5. The Balaban J connectivity index is 1.40. The van der Waals surface area contributed by atoms with Crippen LogP contribution >= 0.6 is 0 Å². The predicted octanol–water partition coefficient (Wildman–Crippen LogP) is 3.04. The molecule has 4 atom stereocenters. The highest BCUT2D eigenvalue weighted by molar-refractivity contribution is 5.38. The van der Waals surface area contributed by atoms with Gasteiger partial charge in [0, 0.05) is 38.9 Å². The summed E-state index contributed by atoms with van der Waals surface area (Å²) in [5.41, 5.74) is 0. The van der Waals surface area contributed by atoms with Gasteiger partial charge < -0.3 is 14.7 Å². The molecule has 3 rings (SSSR count). The summed E-state index contributed by atoms with van der Waals surface area (Å²) in [6.45, 7) is 11.9. The second kappa shape index (κ2) is 9.85. The maximum absolute atomic E-state index is 10.5. The fourth-order valence-electron chi connectivity index (χ4n) is 4.59. The molecule has 27 heavy (non-hydrogen) atoms. The molecule has 0 radical (unpaired) electrons. The first-order valence-corrected chi connectivity index (χ1v) is 10.7. The van der Waals surface area contributed by atoms with Crippen molar-refractivity contribution in [2.24, 2.45) is 17.8 Å². The molecule has 0 aromatic carbocycles. The van der Waals surface area contributed by atoms with Crippen LogP contribution in [-0.4, -0.2) is 66.5 Å². The molecule has 0 bridgehead atoms. The summed E-state index contributed by atoms with van der Waals surface area (Å²) < 4.78 is 6.22. The van der Waals surface area contributed by atoms with Crippen LogP contribution in [0.15, 0.2) is 24.4 Å². The van der Waals surface area contributed by atoms with E-state index in [0.29, 0.717) is 31.1 Å². The lowest BCUT2D eigenvalue weighted by molar-refractivity contribution is -0.0740. The van der Waals surface area contributed by atoms with Crippen LogP contribution in [-0.2, 0) is 4.74 Å². The average Bonchev–Trinajstić information content (AvgIpc) is 2.67. The summed E-state index contributed by atoms with van der Waals surface area (Å²) in [7, 11) is 0. The van der Waals surface area contributed by atoms with Gasteiger partial charge in [-0.25, -0.2) is 4.98 Å². The molecular weight excluding hydrogens is 338 g/mol. The number of hydrogen-bond donors (Lipinski definition) is 1. The molecule has 0 amide bonds. The standard InChI is InChI=1S/C22H37N3O2/c1-17(2)20-8-7-18(3)14-21(20)27-16-19(26)15-24-10-12-25(13-11-24)22-6-4-5-9-23-22/h4-6,9,17-21,26H,7-8,10-16H2,1-3H3/t18-,19+,20+,21+/m1/s1. The fourth-order valence-corrected chi connectivity index (χ4v) is 4.59. The minimum absolute atomic E-state index is 0.310. The molecule has 1 aliphatic carbocycles. The highest BCUT2D eigenvalue weighted by Gasteiger charge is 2.32. The molecule has 1 aromatic heterocycles. The summed E-state index contributed by atoms with van der Waals surface area (Å²) in [6, 6.07) is 6.05. The van der Waals surface area contributed by atoms with E-state index < -0.39 is 6.10 Å². The number of β-amino-alcohol motifs (C(OH)–C–C–N with tert-alkyl or cyclic N) is 1. The SMILES string of the molecule is CC(C)[C@@H]1CC[C@@H](C)C[C@@H]1OC[C@@H](O)CN1CCN(c2ccccn2)CC1. The van der Waals surface area contributed by atoms with E-state index in [1.54, 1.807) is 0 Å². The normalized spacial score (nSPS) is 28.5. The molecular formula is C22H37N3O2. The van der Waals surface area contributed by atoms with Crippen LogP contribution in [0, 0.1) is 17.8 Å². The zero-order valence-corrected chi connectivity index (χ0v) is 17.3. The molecule has 1 aliphatic heterocycles. The van der Waals surface area contributed by atoms with Crippen molar-refractivity contribution in [3.63, 3.8) is 0 Å². The van der Waals surface area contributed by atoms with E-state index >= 15 is 0 Å². The molecule has 152 valence electrons. The van der Waals surface area contributed by atoms with Gasteiger partial charge in [0.2, 0.25) is 0 Å². The number of aromatic nitrogens is 1. The van der Waals surface area contributed by atoms with Crippen molar-refractivity contribution in [1.29, 1.82) is 0 Å². The van der Waals surface area contributed by atoms with E-state index in [2.05, 4.69) is 41.6 Å². The second-order valence-corrected chi connectivity index (χ2v) is 8.83. The first-order chi connectivity index (χ1) is 13.0. The predicted molar refractivity (Wildman–Crippen MR) is 110 cm³/mol. The van der Waals surface area contributed by atoms with Gasteiger partial charge in [-0.05, 0) is 42.7 Å². The van der Waals surface area contributed by atoms with Gasteiger partial charge in [-0.2, -0.15) is 0 Å². The molecule has 5 heteroatoms. The zero-order valence-electron chi connectivity index (χ0n) is 17.3. The zero-order chi connectivity index (χ0) is 19.2. The second-order valence-electron chi connectivity index (χ2n) is 8.83. The van der Waals surface area contributed by atoms with E-state index in [9.17, 15) is 5.11 Å². The molecule has 0 unspecified atom stereocenters.